The van der Waals surface area contributed by atoms with Gasteiger partial charge in [0.25, 0.3) is 0 Å². The van der Waals surface area contributed by atoms with E-state index < -0.39 is 12.0 Å². The monoisotopic (exact) mass is 192 g/mol. The molecule has 0 saturated carbocycles. The van der Waals surface area contributed by atoms with E-state index in [4.69, 9.17) is 10.8 Å². The number of carbonyl (C=O) groups excluding carboxylic acids is 1. The molecule has 0 fully saturated rings. The van der Waals surface area contributed by atoms with Gasteiger partial charge in [-0.05, 0) is 0 Å². The number of nitrogens with two attached hydrogens (primary N) is 1. The second-order valence-electron chi connectivity index (χ2n) is 2.19. The molecule has 0 radical (unpaired) electrons. The van der Waals surface area contributed by atoms with Crippen molar-refractivity contribution in [2.45, 2.75) is 13.0 Å². The maximum absolute atomic E-state index is 10.4. The van der Waals surface area contributed by atoms with Gasteiger partial charge in [-0.2, -0.15) is 0 Å². The number of hydrogen-bond acceptors (Lipinski definition) is 4. The molecule has 0 saturated heterocycles. The Labute approximate surface area is 74.7 Å². The Balaban J connectivity index is 3.31. The van der Waals surface area contributed by atoms with Crippen molar-refractivity contribution in [3.8, 4) is 0 Å². The van der Waals surface area contributed by atoms with Crippen molar-refractivity contribution < 1.29 is 14.7 Å². The standard InChI is InChI=1S/C6H12N2O3S/c1-4(9)8-3-12-2-5(7)6(10)11/h5H,2-3,7H2,1H3,(H,8,9)(H,10,11). The van der Waals surface area contributed by atoms with Gasteiger partial charge in [0.05, 0.1) is 5.88 Å². The predicted molar refractivity (Wildman–Crippen MR) is 46.8 cm³/mol. The molecule has 0 aromatic heterocycles. The molecule has 6 heteroatoms. The molecule has 0 aliphatic heterocycles. The summed E-state index contributed by atoms with van der Waals surface area (Å²) in [5, 5.41) is 10.9. The summed E-state index contributed by atoms with van der Waals surface area (Å²) >= 11 is 1.28. The van der Waals surface area contributed by atoms with Crippen molar-refractivity contribution >= 4 is 23.6 Å². The highest BCUT2D eigenvalue weighted by Gasteiger charge is 2.10. The van der Waals surface area contributed by atoms with E-state index in [0.29, 0.717) is 11.6 Å². The Kier molecular flexibility index (Phi) is 5.48. The number of aliphatic carboxylic acids is 1. The molecular formula is C6H12N2O3S. The minimum Gasteiger partial charge on any atom is -0.480 e. The zero-order valence-corrected chi connectivity index (χ0v) is 7.56. The van der Waals surface area contributed by atoms with Gasteiger partial charge in [-0.15, -0.1) is 11.8 Å². The molecule has 5 nitrogen and oxygen atoms in total. The topological polar surface area (TPSA) is 92.4 Å². The van der Waals surface area contributed by atoms with E-state index in [1.165, 1.54) is 18.7 Å². The van der Waals surface area contributed by atoms with Gasteiger partial charge >= 0.3 is 5.97 Å². The molecule has 0 aromatic rings. The molecule has 0 aliphatic carbocycles. The number of rotatable bonds is 5. The van der Waals surface area contributed by atoms with Crippen molar-refractivity contribution in [1.29, 1.82) is 0 Å². The Hall–Kier alpha value is -0.750. The predicted octanol–water partition coefficient (Wildman–Crippen LogP) is -0.775. The van der Waals surface area contributed by atoms with Crippen LogP contribution in [0.2, 0.25) is 0 Å². The summed E-state index contributed by atoms with van der Waals surface area (Å²) in [7, 11) is 0. The number of carboxylic acids is 1. The van der Waals surface area contributed by atoms with Crippen molar-refractivity contribution in [3.63, 3.8) is 0 Å². The fraction of sp³-hybridized carbons (Fsp3) is 0.667. The number of amides is 1. The summed E-state index contributed by atoms with van der Waals surface area (Å²) in [5.74, 6) is -0.455. The zero-order chi connectivity index (χ0) is 9.56. The fourth-order valence-electron chi connectivity index (χ4n) is 0.410. The van der Waals surface area contributed by atoms with E-state index in [0.717, 1.165) is 0 Å². The first-order chi connectivity index (χ1) is 5.54. The van der Waals surface area contributed by atoms with E-state index in [1.807, 2.05) is 0 Å². The third-order valence-electron chi connectivity index (χ3n) is 1.04. The normalized spacial score (nSPS) is 12.2. The third kappa shape index (κ3) is 5.99. The average molecular weight is 192 g/mol. The maximum atomic E-state index is 10.4. The van der Waals surface area contributed by atoms with Gasteiger partial charge in [0, 0.05) is 12.7 Å². The quantitative estimate of drug-likeness (QED) is 0.393. The molecule has 0 aliphatic rings. The third-order valence-corrected chi connectivity index (χ3v) is 1.98. The minimum absolute atomic E-state index is 0.133. The molecule has 70 valence electrons. The van der Waals surface area contributed by atoms with E-state index >= 15 is 0 Å². The first-order valence-corrected chi connectivity index (χ1v) is 4.50. The maximum Gasteiger partial charge on any atom is 0.321 e. The molecule has 0 aromatic carbocycles. The Bertz CT molecular complexity index is 174. The van der Waals surface area contributed by atoms with Gasteiger partial charge in [-0.3, -0.25) is 9.59 Å². The van der Waals surface area contributed by atoms with Crippen LogP contribution >= 0.6 is 11.8 Å². The van der Waals surface area contributed by atoms with Crippen LogP contribution in [0.1, 0.15) is 6.92 Å². The first kappa shape index (κ1) is 11.2. The summed E-state index contributed by atoms with van der Waals surface area (Å²) in [6.07, 6.45) is 0. The second kappa shape index (κ2) is 5.84. The number of nitrogens with one attached hydrogen (secondary N) is 1. The van der Waals surface area contributed by atoms with E-state index in [1.54, 1.807) is 0 Å². The van der Waals surface area contributed by atoms with Gasteiger partial charge in [0.1, 0.15) is 6.04 Å². The van der Waals surface area contributed by atoms with Crippen LogP contribution in [0.4, 0.5) is 0 Å². The molecule has 0 bridgehead atoms. The lowest BCUT2D eigenvalue weighted by Gasteiger charge is -2.05. The fourth-order valence-corrected chi connectivity index (χ4v) is 1.23. The number of carbonyl (C=O) groups is 2. The smallest absolute Gasteiger partial charge is 0.321 e. The van der Waals surface area contributed by atoms with Gasteiger partial charge in [0.2, 0.25) is 5.91 Å². The van der Waals surface area contributed by atoms with Crippen LogP contribution in [-0.4, -0.2) is 34.7 Å². The zero-order valence-electron chi connectivity index (χ0n) is 6.74. The van der Waals surface area contributed by atoms with Crippen LogP contribution in [0.25, 0.3) is 0 Å². The lowest BCUT2D eigenvalue weighted by atomic mass is 10.4. The molecule has 0 rings (SSSR count). The number of carboxylic acid groups (broad SMARTS) is 1. The van der Waals surface area contributed by atoms with E-state index in [-0.39, 0.29) is 5.91 Å². The summed E-state index contributed by atoms with van der Waals surface area (Å²) in [5.41, 5.74) is 5.20. The molecule has 1 unspecified atom stereocenters. The van der Waals surface area contributed by atoms with Crippen LogP contribution < -0.4 is 11.1 Å². The second-order valence-corrected chi connectivity index (χ2v) is 3.22. The highest BCUT2D eigenvalue weighted by Crippen LogP contribution is 1.98. The van der Waals surface area contributed by atoms with Crippen molar-refractivity contribution in [2.75, 3.05) is 11.6 Å². The van der Waals surface area contributed by atoms with Crippen molar-refractivity contribution in [1.82, 2.24) is 5.32 Å². The van der Waals surface area contributed by atoms with Crippen LogP contribution in [0, 0.1) is 0 Å². The SMILES string of the molecule is CC(=O)NCSCC(N)C(=O)O. The van der Waals surface area contributed by atoms with Gasteiger partial charge in [-0.1, -0.05) is 0 Å². The molecule has 4 N–H and O–H groups in total. The molecular weight excluding hydrogens is 180 g/mol. The number of thioether (sulfide) groups is 1. The van der Waals surface area contributed by atoms with Crippen molar-refractivity contribution in [3.05, 3.63) is 0 Å². The Morgan fingerprint density at radius 2 is 2.25 bits per heavy atom. The highest BCUT2D eigenvalue weighted by molar-refractivity contribution is 7.99. The van der Waals surface area contributed by atoms with Crippen LogP contribution in [0.5, 0.6) is 0 Å². The summed E-state index contributed by atoms with van der Waals surface area (Å²) in [6, 6.07) is -0.858. The van der Waals surface area contributed by atoms with Crippen LogP contribution in [0.3, 0.4) is 0 Å². The van der Waals surface area contributed by atoms with E-state index in [9.17, 15) is 9.59 Å². The lowest BCUT2D eigenvalue weighted by molar-refractivity contribution is -0.137. The van der Waals surface area contributed by atoms with E-state index in [2.05, 4.69) is 5.32 Å². The van der Waals surface area contributed by atoms with Gasteiger partial charge < -0.3 is 16.2 Å². The first-order valence-electron chi connectivity index (χ1n) is 3.34. The Morgan fingerprint density at radius 3 is 2.67 bits per heavy atom. The van der Waals surface area contributed by atoms with Gasteiger partial charge in [0.15, 0.2) is 0 Å². The minimum atomic E-state index is -1.02. The number of hydrogen-bond donors (Lipinski definition) is 3. The largest absolute Gasteiger partial charge is 0.480 e. The molecule has 1 amide bonds. The Morgan fingerprint density at radius 1 is 1.67 bits per heavy atom. The average Bonchev–Trinajstić information content (AvgIpc) is 1.97. The summed E-state index contributed by atoms with van der Waals surface area (Å²) in [4.78, 5) is 20.6. The summed E-state index contributed by atoms with van der Waals surface area (Å²) in [6.45, 7) is 1.40. The molecule has 0 spiro atoms. The van der Waals surface area contributed by atoms with Gasteiger partial charge in [-0.25, -0.2) is 0 Å². The van der Waals surface area contributed by atoms with Crippen LogP contribution in [-0.2, 0) is 9.59 Å². The molecule has 0 heterocycles. The highest BCUT2D eigenvalue weighted by atomic mass is 32.2. The van der Waals surface area contributed by atoms with Crippen molar-refractivity contribution in [2.24, 2.45) is 5.73 Å². The summed E-state index contributed by atoms with van der Waals surface area (Å²) < 4.78 is 0. The molecule has 12 heavy (non-hydrogen) atoms. The molecule has 1 atom stereocenters. The lowest BCUT2D eigenvalue weighted by Crippen LogP contribution is -2.33. The van der Waals surface area contributed by atoms with Crippen LogP contribution in [0.15, 0.2) is 0 Å².